The van der Waals surface area contributed by atoms with E-state index in [4.69, 9.17) is 5.14 Å². The van der Waals surface area contributed by atoms with Crippen molar-refractivity contribution in [1.82, 2.24) is 15.0 Å². The minimum Gasteiger partial charge on any atom is -0.393 e. The molecule has 3 aromatic rings. The number of nitrogens with two attached hydrogens (primary N) is 1. The molecule has 0 amide bonds. The van der Waals surface area contributed by atoms with Crippen molar-refractivity contribution < 1.29 is 22.5 Å². The molecule has 1 saturated carbocycles. The number of benzene rings is 1. The molecule has 2 aromatic heterocycles. The molecule has 0 unspecified atom stereocenters. The van der Waals surface area contributed by atoms with Crippen molar-refractivity contribution in [3.05, 3.63) is 69.6 Å². The Balaban J connectivity index is 1.44. The van der Waals surface area contributed by atoms with Gasteiger partial charge in [-0.05, 0) is 25.3 Å². The maximum atomic E-state index is 13.2. The summed E-state index contributed by atoms with van der Waals surface area (Å²) in [6.45, 7) is 1.82. The molecular formula is C22H25N5O5S2. The number of ketones is 1. The van der Waals surface area contributed by atoms with Crippen molar-refractivity contribution in [1.29, 1.82) is 0 Å². The molecule has 3 atom stereocenters. The molecule has 4 rings (SSSR count). The second-order valence-corrected chi connectivity index (χ2v) is 10.4. The van der Waals surface area contributed by atoms with Crippen LogP contribution in [-0.4, -0.2) is 53.0 Å². The minimum atomic E-state index is -4.08. The first-order valence-corrected chi connectivity index (χ1v) is 13.0. The highest BCUT2D eigenvalue weighted by molar-refractivity contribution is 7.84. The fourth-order valence-corrected chi connectivity index (χ4v) is 5.16. The van der Waals surface area contributed by atoms with Crippen LogP contribution in [0.2, 0.25) is 0 Å². The van der Waals surface area contributed by atoms with Crippen molar-refractivity contribution in [2.45, 2.75) is 38.3 Å². The van der Waals surface area contributed by atoms with E-state index in [0.717, 1.165) is 16.8 Å². The number of carbonyl (C=O) groups is 1. The van der Waals surface area contributed by atoms with Crippen molar-refractivity contribution in [3.8, 4) is 0 Å². The molecule has 0 bridgehead atoms. The molecule has 2 heterocycles. The zero-order valence-corrected chi connectivity index (χ0v) is 20.1. The van der Waals surface area contributed by atoms with Crippen LogP contribution in [0, 0.1) is 12.8 Å². The van der Waals surface area contributed by atoms with Crippen molar-refractivity contribution in [3.63, 3.8) is 0 Å². The van der Waals surface area contributed by atoms with Crippen LogP contribution in [0.3, 0.4) is 0 Å². The lowest BCUT2D eigenvalue weighted by Crippen LogP contribution is -2.24. The molecule has 1 fully saturated rings. The van der Waals surface area contributed by atoms with Crippen LogP contribution >= 0.6 is 11.3 Å². The Morgan fingerprint density at radius 3 is 2.94 bits per heavy atom. The monoisotopic (exact) mass is 503 g/mol. The SMILES string of the molecule is Cc1cccc(Cc2csc(C(=O)c3cncnc3N[C@@H]3C[C@H](COS(N)(=O)=O)[C@@H](O)C3)n2)c1. The molecule has 1 aromatic carbocycles. The van der Waals surface area contributed by atoms with Crippen LogP contribution in [0.25, 0.3) is 0 Å². The number of nitrogens with one attached hydrogen (secondary N) is 1. The van der Waals surface area contributed by atoms with Gasteiger partial charge in [0.2, 0.25) is 5.78 Å². The average molecular weight is 504 g/mol. The molecule has 0 saturated heterocycles. The van der Waals surface area contributed by atoms with Crippen LogP contribution in [0.4, 0.5) is 5.82 Å². The third kappa shape index (κ3) is 6.21. The largest absolute Gasteiger partial charge is 0.393 e. The van der Waals surface area contributed by atoms with Crippen molar-refractivity contribution in [2.24, 2.45) is 11.1 Å². The van der Waals surface area contributed by atoms with Gasteiger partial charge >= 0.3 is 10.3 Å². The standard InChI is InChI=1S/C22H25N5O5S2/c1-13-3-2-4-14(5-13)6-17-11-33-22(27-17)20(29)18-9-24-12-25-21(18)26-16-7-15(19(28)8-16)10-32-34(23,30)31/h2-5,9,11-12,15-16,19,28H,6-8,10H2,1H3,(H2,23,30,31)(H,24,25,26)/t15-,16-,19+/m1/s1. The summed E-state index contributed by atoms with van der Waals surface area (Å²) in [6, 6.07) is 7.90. The van der Waals surface area contributed by atoms with Crippen LogP contribution in [0.1, 0.15) is 45.0 Å². The summed E-state index contributed by atoms with van der Waals surface area (Å²) in [6.07, 6.45) is 3.39. The average Bonchev–Trinajstić information content (AvgIpc) is 3.38. The molecular weight excluding hydrogens is 478 g/mol. The van der Waals surface area contributed by atoms with Gasteiger partial charge in [-0.3, -0.25) is 8.98 Å². The third-order valence-corrected chi connectivity index (χ3v) is 6.97. The van der Waals surface area contributed by atoms with Gasteiger partial charge in [0.05, 0.1) is 24.0 Å². The maximum absolute atomic E-state index is 13.2. The summed E-state index contributed by atoms with van der Waals surface area (Å²) in [5.41, 5.74) is 3.37. The predicted molar refractivity (Wildman–Crippen MR) is 127 cm³/mol. The van der Waals surface area contributed by atoms with Crippen LogP contribution in [0.5, 0.6) is 0 Å². The molecule has 12 heteroatoms. The van der Waals surface area contributed by atoms with Crippen molar-refractivity contribution >= 4 is 33.2 Å². The number of hydrogen-bond acceptors (Lipinski definition) is 10. The summed E-state index contributed by atoms with van der Waals surface area (Å²) >= 11 is 1.27. The third-order valence-electron chi connectivity index (χ3n) is 5.62. The van der Waals surface area contributed by atoms with Crippen LogP contribution in [0.15, 0.2) is 42.2 Å². The maximum Gasteiger partial charge on any atom is 0.333 e. The topological polar surface area (TPSA) is 157 Å². The molecule has 0 spiro atoms. The number of aliphatic hydroxyl groups excluding tert-OH is 1. The summed E-state index contributed by atoms with van der Waals surface area (Å²) in [5, 5.41) is 20.5. The lowest BCUT2D eigenvalue weighted by Gasteiger charge is -2.15. The Labute approximate surface area is 201 Å². The highest BCUT2D eigenvalue weighted by Crippen LogP contribution is 2.30. The summed E-state index contributed by atoms with van der Waals surface area (Å²) in [5.74, 6) is -0.378. The summed E-state index contributed by atoms with van der Waals surface area (Å²) in [4.78, 5) is 25.9. The van der Waals surface area contributed by atoms with Gasteiger partial charge in [-0.25, -0.2) is 20.1 Å². The highest BCUT2D eigenvalue weighted by Gasteiger charge is 2.35. The number of aliphatic hydroxyl groups is 1. The van der Waals surface area contributed by atoms with E-state index in [0.29, 0.717) is 30.1 Å². The predicted octanol–water partition coefficient (Wildman–Crippen LogP) is 1.83. The second-order valence-electron chi connectivity index (χ2n) is 8.34. The van der Waals surface area contributed by atoms with Crippen molar-refractivity contribution in [2.75, 3.05) is 11.9 Å². The Morgan fingerprint density at radius 1 is 1.35 bits per heavy atom. The van der Waals surface area contributed by atoms with E-state index in [1.165, 1.54) is 23.9 Å². The Kier molecular flexibility index (Phi) is 7.33. The number of nitrogens with zero attached hydrogens (tertiary/aromatic N) is 3. The van der Waals surface area contributed by atoms with E-state index < -0.39 is 22.3 Å². The number of anilines is 1. The molecule has 180 valence electrons. The second kappa shape index (κ2) is 10.2. The van der Waals surface area contributed by atoms with Crippen LogP contribution < -0.4 is 10.5 Å². The van der Waals surface area contributed by atoms with E-state index in [-0.39, 0.29) is 24.0 Å². The summed E-state index contributed by atoms with van der Waals surface area (Å²) < 4.78 is 26.7. The molecule has 0 aliphatic heterocycles. The molecule has 10 nitrogen and oxygen atoms in total. The van der Waals surface area contributed by atoms with Crippen LogP contribution in [-0.2, 0) is 20.9 Å². The highest BCUT2D eigenvalue weighted by atomic mass is 32.2. The van der Waals surface area contributed by atoms with Gasteiger partial charge in [0.25, 0.3) is 0 Å². The molecule has 1 aliphatic rings. The van der Waals surface area contributed by atoms with Gasteiger partial charge in [0, 0.05) is 30.0 Å². The zero-order chi connectivity index (χ0) is 24.3. The van der Waals surface area contributed by atoms with Gasteiger partial charge in [-0.15, -0.1) is 11.3 Å². The lowest BCUT2D eigenvalue weighted by atomic mass is 10.1. The molecule has 1 aliphatic carbocycles. The minimum absolute atomic E-state index is 0.212. The van der Waals surface area contributed by atoms with Gasteiger partial charge in [0.1, 0.15) is 12.1 Å². The molecule has 4 N–H and O–H groups in total. The zero-order valence-electron chi connectivity index (χ0n) is 18.4. The van der Waals surface area contributed by atoms with Gasteiger partial charge in [-0.2, -0.15) is 8.42 Å². The number of aromatic nitrogens is 3. The quantitative estimate of drug-likeness (QED) is 0.371. The van der Waals surface area contributed by atoms with E-state index in [2.05, 4.69) is 30.5 Å². The van der Waals surface area contributed by atoms with E-state index in [9.17, 15) is 18.3 Å². The lowest BCUT2D eigenvalue weighted by molar-refractivity contribution is 0.101. The Morgan fingerprint density at radius 2 is 2.18 bits per heavy atom. The first kappa shape index (κ1) is 24.4. The van der Waals surface area contributed by atoms with Gasteiger partial charge < -0.3 is 10.4 Å². The van der Waals surface area contributed by atoms with E-state index in [1.54, 1.807) is 0 Å². The van der Waals surface area contributed by atoms with Gasteiger partial charge in [0.15, 0.2) is 5.01 Å². The first-order chi connectivity index (χ1) is 16.2. The molecule has 34 heavy (non-hydrogen) atoms. The number of hydrogen-bond donors (Lipinski definition) is 3. The van der Waals surface area contributed by atoms with E-state index >= 15 is 0 Å². The van der Waals surface area contributed by atoms with E-state index in [1.807, 2.05) is 30.5 Å². The number of carbonyl (C=O) groups excluding carboxylic acids is 1. The normalized spacial score (nSPS) is 20.4. The number of thiazole rings is 1. The fourth-order valence-electron chi connectivity index (χ4n) is 4.02. The first-order valence-electron chi connectivity index (χ1n) is 10.6. The Bertz CT molecular complexity index is 1280. The fraction of sp³-hybridized carbons (Fsp3) is 0.364. The smallest absolute Gasteiger partial charge is 0.333 e. The summed E-state index contributed by atoms with van der Waals surface area (Å²) in [7, 11) is -4.08. The molecule has 0 radical (unpaired) electrons. The Hall–Kier alpha value is -2.77. The number of rotatable bonds is 9. The number of aryl methyl sites for hydroxylation is 1. The van der Waals surface area contributed by atoms with Gasteiger partial charge in [-0.1, -0.05) is 29.8 Å².